The molecular weight excluding hydrogens is 238 g/mol. The van der Waals surface area contributed by atoms with Gasteiger partial charge in [0.1, 0.15) is 29.0 Å². The first-order chi connectivity index (χ1) is 9.01. The fourth-order valence-electron chi connectivity index (χ4n) is 2.20. The van der Waals surface area contributed by atoms with Crippen molar-refractivity contribution in [1.29, 1.82) is 5.26 Å². The normalized spacial score (nSPS) is 10.3. The first-order valence-electron chi connectivity index (χ1n) is 6.09. The number of hydrogen-bond acceptors (Lipinski definition) is 3. The van der Waals surface area contributed by atoms with Gasteiger partial charge in [0.15, 0.2) is 0 Å². The van der Waals surface area contributed by atoms with Crippen molar-refractivity contribution in [2.24, 2.45) is 7.05 Å². The van der Waals surface area contributed by atoms with Crippen LogP contribution in [0.25, 0.3) is 11.3 Å². The predicted octanol–water partition coefficient (Wildman–Crippen LogP) is 2.89. The average Bonchev–Trinajstić information content (AvgIpc) is 2.68. The Labute approximate surface area is 113 Å². The van der Waals surface area contributed by atoms with Crippen molar-refractivity contribution in [2.75, 3.05) is 7.11 Å². The molecule has 0 radical (unpaired) electrons. The van der Waals surface area contributed by atoms with Gasteiger partial charge >= 0.3 is 0 Å². The molecule has 0 bridgehead atoms. The van der Waals surface area contributed by atoms with E-state index in [1.165, 1.54) is 0 Å². The molecule has 0 amide bonds. The van der Waals surface area contributed by atoms with Crippen molar-refractivity contribution >= 4 is 0 Å². The molecule has 0 N–H and O–H groups in total. The van der Waals surface area contributed by atoms with Gasteiger partial charge in [0, 0.05) is 12.6 Å². The minimum absolute atomic E-state index is 0.588. The molecule has 0 atom stereocenters. The van der Waals surface area contributed by atoms with E-state index >= 15 is 0 Å². The number of nitrogens with zero attached hydrogens (tertiary/aromatic N) is 3. The Hall–Kier alpha value is -2.28. The van der Waals surface area contributed by atoms with Crippen molar-refractivity contribution < 1.29 is 4.74 Å². The zero-order chi connectivity index (χ0) is 14.2. The molecule has 4 heteroatoms. The Kier molecular flexibility index (Phi) is 3.30. The molecule has 1 aromatic heterocycles. The van der Waals surface area contributed by atoms with Crippen LogP contribution in [0, 0.1) is 32.1 Å². The number of imidazole rings is 1. The summed E-state index contributed by atoms with van der Waals surface area (Å²) in [5.74, 6) is 1.69. The Morgan fingerprint density at radius 2 is 1.89 bits per heavy atom. The van der Waals surface area contributed by atoms with Gasteiger partial charge in [-0.1, -0.05) is 0 Å². The molecule has 19 heavy (non-hydrogen) atoms. The van der Waals surface area contributed by atoms with Gasteiger partial charge in [-0.25, -0.2) is 4.98 Å². The maximum absolute atomic E-state index is 9.30. The van der Waals surface area contributed by atoms with Crippen LogP contribution in [0.2, 0.25) is 0 Å². The van der Waals surface area contributed by atoms with E-state index in [-0.39, 0.29) is 0 Å². The third-order valence-electron chi connectivity index (χ3n) is 3.64. The van der Waals surface area contributed by atoms with Crippen LogP contribution in [0.4, 0.5) is 0 Å². The predicted molar refractivity (Wildman–Crippen MR) is 74.1 cm³/mol. The van der Waals surface area contributed by atoms with Crippen LogP contribution < -0.4 is 4.74 Å². The summed E-state index contributed by atoms with van der Waals surface area (Å²) >= 11 is 0. The molecule has 0 aliphatic rings. The summed E-state index contributed by atoms with van der Waals surface area (Å²) in [6.07, 6.45) is 0. The fourth-order valence-corrected chi connectivity index (χ4v) is 2.20. The third kappa shape index (κ3) is 1.97. The van der Waals surface area contributed by atoms with Gasteiger partial charge in [-0.05, 0) is 44.0 Å². The summed E-state index contributed by atoms with van der Waals surface area (Å²) in [6, 6.07) is 6.11. The molecule has 0 unspecified atom stereocenters. The highest BCUT2D eigenvalue weighted by Crippen LogP contribution is 2.32. The van der Waals surface area contributed by atoms with Crippen LogP contribution in [0.3, 0.4) is 0 Å². The van der Waals surface area contributed by atoms with Crippen LogP contribution in [-0.2, 0) is 7.05 Å². The Morgan fingerprint density at radius 3 is 2.47 bits per heavy atom. The summed E-state index contributed by atoms with van der Waals surface area (Å²) in [6.45, 7) is 5.94. The van der Waals surface area contributed by atoms with E-state index in [0.717, 1.165) is 34.0 Å². The minimum Gasteiger partial charge on any atom is -0.496 e. The third-order valence-corrected chi connectivity index (χ3v) is 3.64. The van der Waals surface area contributed by atoms with Gasteiger partial charge in [0.2, 0.25) is 0 Å². The van der Waals surface area contributed by atoms with Crippen LogP contribution in [-0.4, -0.2) is 16.7 Å². The lowest BCUT2D eigenvalue weighted by Crippen LogP contribution is -1.96. The van der Waals surface area contributed by atoms with Crippen molar-refractivity contribution in [3.8, 4) is 23.1 Å². The van der Waals surface area contributed by atoms with E-state index in [0.29, 0.717) is 5.69 Å². The molecule has 0 fully saturated rings. The number of nitriles is 1. The molecule has 0 aliphatic carbocycles. The summed E-state index contributed by atoms with van der Waals surface area (Å²) in [5, 5.41) is 9.30. The molecule has 0 spiro atoms. The molecule has 4 nitrogen and oxygen atoms in total. The number of methoxy groups -OCH3 is 1. The molecule has 1 heterocycles. The monoisotopic (exact) mass is 255 g/mol. The molecule has 2 rings (SSSR count). The van der Waals surface area contributed by atoms with Crippen molar-refractivity contribution in [2.45, 2.75) is 20.8 Å². The van der Waals surface area contributed by atoms with E-state index in [2.05, 4.69) is 11.1 Å². The van der Waals surface area contributed by atoms with Gasteiger partial charge in [0.05, 0.1) is 7.11 Å². The topological polar surface area (TPSA) is 50.8 Å². The van der Waals surface area contributed by atoms with Crippen molar-refractivity contribution in [3.63, 3.8) is 0 Å². The number of hydrogen-bond donors (Lipinski definition) is 0. The van der Waals surface area contributed by atoms with E-state index in [1.54, 1.807) is 7.11 Å². The van der Waals surface area contributed by atoms with Gasteiger partial charge in [-0.2, -0.15) is 5.26 Å². The molecular formula is C15H17N3O. The lowest BCUT2D eigenvalue weighted by Gasteiger charge is -2.11. The second-order valence-corrected chi connectivity index (χ2v) is 4.59. The first kappa shape index (κ1) is 13.2. The van der Waals surface area contributed by atoms with Crippen LogP contribution in [0.5, 0.6) is 5.75 Å². The van der Waals surface area contributed by atoms with Crippen LogP contribution >= 0.6 is 0 Å². The maximum atomic E-state index is 9.30. The number of benzene rings is 1. The average molecular weight is 255 g/mol. The zero-order valence-electron chi connectivity index (χ0n) is 11.9. The standard InChI is InChI=1S/C15H17N3O/c1-9-10(2)14(19-5)7-6-12(9)15-13(8-16)18(4)11(3)17-15/h6-7H,1-5H3. The number of aromatic nitrogens is 2. The molecule has 0 aliphatic heterocycles. The molecule has 0 saturated carbocycles. The molecule has 0 saturated heterocycles. The smallest absolute Gasteiger partial charge is 0.147 e. The summed E-state index contributed by atoms with van der Waals surface area (Å²) in [7, 11) is 3.52. The Balaban J connectivity index is 2.71. The highest BCUT2D eigenvalue weighted by Gasteiger charge is 2.17. The van der Waals surface area contributed by atoms with Gasteiger partial charge in [-0.15, -0.1) is 0 Å². The van der Waals surface area contributed by atoms with E-state index in [4.69, 9.17) is 4.74 Å². The largest absolute Gasteiger partial charge is 0.496 e. The van der Waals surface area contributed by atoms with Gasteiger partial charge in [-0.3, -0.25) is 0 Å². The van der Waals surface area contributed by atoms with Crippen molar-refractivity contribution in [3.05, 3.63) is 34.8 Å². The van der Waals surface area contributed by atoms with E-state index < -0.39 is 0 Å². The van der Waals surface area contributed by atoms with Crippen LogP contribution in [0.1, 0.15) is 22.6 Å². The second-order valence-electron chi connectivity index (χ2n) is 4.59. The highest BCUT2D eigenvalue weighted by molar-refractivity contribution is 5.71. The SMILES string of the molecule is COc1ccc(-c2nc(C)n(C)c2C#N)c(C)c1C. The molecule has 2 aromatic rings. The number of aryl methyl sites for hydroxylation is 1. The second kappa shape index (κ2) is 4.77. The quantitative estimate of drug-likeness (QED) is 0.829. The minimum atomic E-state index is 0.588. The first-order valence-corrected chi connectivity index (χ1v) is 6.09. The van der Waals surface area contributed by atoms with E-state index in [1.807, 2.05) is 44.5 Å². The molecule has 98 valence electrons. The lowest BCUT2D eigenvalue weighted by atomic mass is 9.99. The number of rotatable bonds is 2. The lowest BCUT2D eigenvalue weighted by molar-refractivity contribution is 0.411. The summed E-state index contributed by atoms with van der Waals surface area (Å²) < 4.78 is 7.13. The van der Waals surface area contributed by atoms with E-state index in [9.17, 15) is 5.26 Å². The van der Waals surface area contributed by atoms with Crippen LogP contribution in [0.15, 0.2) is 12.1 Å². The highest BCUT2D eigenvalue weighted by atomic mass is 16.5. The maximum Gasteiger partial charge on any atom is 0.147 e. The molecule has 1 aromatic carbocycles. The summed E-state index contributed by atoms with van der Waals surface area (Å²) in [4.78, 5) is 4.51. The number of ether oxygens (including phenoxy) is 1. The Morgan fingerprint density at radius 1 is 1.21 bits per heavy atom. The fraction of sp³-hybridized carbons (Fsp3) is 0.333. The van der Waals surface area contributed by atoms with Gasteiger partial charge in [0.25, 0.3) is 0 Å². The summed E-state index contributed by atoms with van der Waals surface area (Å²) in [5.41, 5.74) is 4.48. The zero-order valence-corrected chi connectivity index (χ0v) is 11.9. The van der Waals surface area contributed by atoms with Gasteiger partial charge < -0.3 is 9.30 Å². The Bertz CT molecular complexity index is 678. The van der Waals surface area contributed by atoms with Crippen molar-refractivity contribution in [1.82, 2.24) is 9.55 Å².